The van der Waals surface area contributed by atoms with E-state index in [1.165, 1.54) is 11.6 Å². The number of hydrogen-bond acceptors (Lipinski definition) is 5. The Labute approximate surface area is 115 Å². The van der Waals surface area contributed by atoms with E-state index in [0.717, 1.165) is 24.1 Å². The molecule has 3 N–H and O–H groups in total. The number of anilines is 1. The van der Waals surface area contributed by atoms with Gasteiger partial charge in [-0.05, 0) is 13.0 Å². The standard InChI is InChI=1S/C12H20N6O2/c1-4-5-13-6-7-14-11-15-8-9(16-11)17(2)12(20)18(3)10(8)19/h13H,4-7H2,1-3H3,(H2,14,15,16). The number of aromatic nitrogens is 4. The van der Waals surface area contributed by atoms with Crippen LogP contribution >= 0.6 is 0 Å². The van der Waals surface area contributed by atoms with Crippen molar-refractivity contribution in [2.45, 2.75) is 13.3 Å². The fraction of sp³-hybridized carbons (Fsp3) is 0.583. The Morgan fingerprint density at radius 2 is 1.90 bits per heavy atom. The SMILES string of the molecule is CCCNCCNc1nc2c([nH]1)c(=O)n(C)c(=O)n2C. The molecule has 0 aliphatic rings. The lowest BCUT2D eigenvalue weighted by Gasteiger charge is -2.03. The monoisotopic (exact) mass is 280 g/mol. The summed E-state index contributed by atoms with van der Waals surface area (Å²) in [6.07, 6.45) is 1.09. The lowest BCUT2D eigenvalue weighted by Crippen LogP contribution is -2.36. The van der Waals surface area contributed by atoms with Gasteiger partial charge in [-0.1, -0.05) is 6.92 Å². The highest BCUT2D eigenvalue weighted by Gasteiger charge is 2.12. The Hall–Kier alpha value is -2.09. The van der Waals surface area contributed by atoms with Crippen LogP contribution in [0.3, 0.4) is 0 Å². The molecule has 0 bridgehead atoms. The van der Waals surface area contributed by atoms with E-state index in [9.17, 15) is 9.59 Å². The quantitative estimate of drug-likeness (QED) is 0.612. The van der Waals surface area contributed by atoms with Crippen LogP contribution in [0.4, 0.5) is 5.95 Å². The van der Waals surface area contributed by atoms with Crippen LogP contribution in [-0.2, 0) is 14.1 Å². The van der Waals surface area contributed by atoms with E-state index < -0.39 is 0 Å². The van der Waals surface area contributed by atoms with Gasteiger partial charge in [-0.15, -0.1) is 0 Å². The van der Waals surface area contributed by atoms with Crippen LogP contribution in [0.25, 0.3) is 11.2 Å². The first-order chi connectivity index (χ1) is 9.56. The maximum atomic E-state index is 12.0. The van der Waals surface area contributed by atoms with Crippen LogP contribution in [0.15, 0.2) is 9.59 Å². The molecule has 0 saturated carbocycles. The number of aryl methyl sites for hydroxylation is 1. The van der Waals surface area contributed by atoms with Crippen molar-refractivity contribution in [3.63, 3.8) is 0 Å². The third-order valence-corrected chi connectivity index (χ3v) is 3.12. The number of H-pyrrole nitrogens is 1. The fourth-order valence-electron chi connectivity index (χ4n) is 1.98. The summed E-state index contributed by atoms with van der Waals surface area (Å²) in [5.41, 5.74) is -0.0568. The number of aromatic amines is 1. The van der Waals surface area contributed by atoms with Gasteiger partial charge in [0.1, 0.15) is 0 Å². The van der Waals surface area contributed by atoms with Gasteiger partial charge in [0.15, 0.2) is 11.2 Å². The molecule has 2 rings (SSSR count). The van der Waals surface area contributed by atoms with Crippen LogP contribution in [0.2, 0.25) is 0 Å². The van der Waals surface area contributed by atoms with E-state index >= 15 is 0 Å². The van der Waals surface area contributed by atoms with Crippen LogP contribution in [0.1, 0.15) is 13.3 Å². The van der Waals surface area contributed by atoms with Gasteiger partial charge < -0.3 is 15.6 Å². The molecule has 0 spiro atoms. The van der Waals surface area contributed by atoms with Crippen LogP contribution in [-0.4, -0.2) is 38.7 Å². The van der Waals surface area contributed by atoms with E-state index in [4.69, 9.17) is 0 Å². The van der Waals surface area contributed by atoms with E-state index in [1.807, 2.05) is 0 Å². The predicted octanol–water partition coefficient (Wildman–Crippen LogP) is -0.628. The molecule has 8 heteroatoms. The van der Waals surface area contributed by atoms with E-state index in [-0.39, 0.29) is 11.2 Å². The van der Waals surface area contributed by atoms with E-state index in [0.29, 0.717) is 23.7 Å². The van der Waals surface area contributed by atoms with E-state index in [2.05, 4.69) is 27.5 Å². The number of imidazole rings is 1. The highest BCUT2D eigenvalue weighted by Crippen LogP contribution is 2.07. The molecule has 0 fully saturated rings. The topological polar surface area (TPSA) is 96.7 Å². The molecular weight excluding hydrogens is 260 g/mol. The zero-order chi connectivity index (χ0) is 14.7. The third kappa shape index (κ3) is 2.60. The molecule has 8 nitrogen and oxygen atoms in total. The summed E-state index contributed by atoms with van der Waals surface area (Å²) in [5, 5.41) is 6.35. The maximum absolute atomic E-state index is 12.0. The minimum absolute atomic E-state index is 0.332. The first kappa shape index (κ1) is 14.3. The summed E-state index contributed by atoms with van der Waals surface area (Å²) in [4.78, 5) is 30.9. The highest BCUT2D eigenvalue weighted by atomic mass is 16.2. The summed E-state index contributed by atoms with van der Waals surface area (Å²) in [6, 6.07) is 0. The summed E-state index contributed by atoms with van der Waals surface area (Å²) >= 11 is 0. The van der Waals surface area contributed by atoms with Gasteiger partial charge in [-0.3, -0.25) is 13.9 Å². The van der Waals surface area contributed by atoms with Crippen molar-refractivity contribution in [3.05, 3.63) is 20.8 Å². The molecule has 0 aliphatic carbocycles. The zero-order valence-electron chi connectivity index (χ0n) is 12.0. The minimum atomic E-state index is -0.384. The molecule has 0 amide bonds. The molecule has 2 aromatic heterocycles. The molecular formula is C12H20N6O2. The fourth-order valence-corrected chi connectivity index (χ4v) is 1.98. The second-order valence-electron chi connectivity index (χ2n) is 4.67. The van der Waals surface area contributed by atoms with Gasteiger partial charge in [0.2, 0.25) is 5.95 Å². The Balaban J connectivity index is 2.22. The van der Waals surface area contributed by atoms with Crippen molar-refractivity contribution in [3.8, 4) is 0 Å². The average Bonchev–Trinajstić information content (AvgIpc) is 2.87. The zero-order valence-corrected chi connectivity index (χ0v) is 12.0. The number of fused-ring (bicyclic) bond motifs is 1. The van der Waals surface area contributed by atoms with Crippen molar-refractivity contribution in [1.29, 1.82) is 0 Å². The minimum Gasteiger partial charge on any atom is -0.354 e. The van der Waals surface area contributed by atoms with E-state index in [1.54, 1.807) is 7.05 Å². The molecule has 0 unspecified atom stereocenters. The van der Waals surface area contributed by atoms with Gasteiger partial charge in [-0.2, -0.15) is 4.98 Å². The molecule has 2 aromatic rings. The Kier molecular flexibility index (Phi) is 4.23. The normalized spacial score (nSPS) is 11.2. The average molecular weight is 280 g/mol. The summed E-state index contributed by atoms with van der Waals surface area (Å²) < 4.78 is 2.42. The largest absolute Gasteiger partial charge is 0.354 e. The van der Waals surface area contributed by atoms with Gasteiger partial charge in [0.25, 0.3) is 5.56 Å². The number of rotatable bonds is 6. The number of nitrogens with one attached hydrogen (secondary N) is 3. The molecule has 0 atom stereocenters. The smallest absolute Gasteiger partial charge is 0.332 e. The van der Waals surface area contributed by atoms with Gasteiger partial charge in [-0.25, -0.2) is 4.79 Å². The summed E-state index contributed by atoms with van der Waals surface area (Å²) in [7, 11) is 3.05. The van der Waals surface area contributed by atoms with Crippen LogP contribution in [0, 0.1) is 0 Å². The molecule has 0 aromatic carbocycles. The first-order valence-electron chi connectivity index (χ1n) is 6.66. The summed E-state index contributed by atoms with van der Waals surface area (Å²) in [5.74, 6) is 0.497. The molecule has 0 radical (unpaired) electrons. The third-order valence-electron chi connectivity index (χ3n) is 3.12. The van der Waals surface area contributed by atoms with Gasteiger partial charge in [0.05, 0.1) is 0 Å². The lowest BCUT2D eigenvalue weighted by atomic mass is 10.5. The second kappa shape index (κ2) is 5.91. The number of hydrogen-bond donors (Lipinski definition) is 3. The Morgan fingerprint density at radius 1 is 1.15 bits per heavy atom. The predicted molar refractivity (Wildman–Crippen MR) is 78.2 cm³/mol. The van der Waals surface area contributed by atoms with Crippen molar-refractivity contribution in [2.75, 3.05) is 25.0 Å². The second-order valence-corrected chi connectivity index (χ2v) is 4.67. The van der Waals surface area contributed by atoms with Gasteiger partial charge in [0, 0.05) is 27.2 Å². The Bertz CT molecular complexity index is 711. The first-order valence-corrected chi connectivity index (χ1v) is 6.66. The molecule has 0 aliphatic heterocycles. The highest BCUT2D eigenvalue weighted by molar-refractivity contribution is 5.72. The molecule has 20 heavy (non-hydrogen) atoms. The molecule has 2 heterocycles. The van der Waals surface area contributed by atoms with Crippen molar-refractivity contribution < 1.29 is 0 Å². The lowest BCUT2D eigenvalue weighted by molar-refractivity contribution is 0.686. The van der Waals surface area contributed by atoms with Crippen LogP contribution in [0.5, 0.6) is 0 Å². The van der Waals surface area contributed by atoms with Crippen molar-refractivity contribution in [1.82, 2.24) is 24.4 Å². The van der Waals surface area contributed by atoms with Crippen molar-refractivity contribution in [2.24, 2.45) is 14.1 Å². The Morgan fingerprint density at radius 3 is 2.60 bits per heavy atom. The van der Waals surface area contributed by atoms with Crippen molar-refractivity contribution >= 4 is 17.1 Å². The van der Waals surface area contributed by atoms with Crippen LogP contribution < -0.4 is 21.9 Å². The maximum Gasteiger partial charge on any atom is 0.332 e. The van der Waals surface area contributed by atoms with Gasteiger partial charge >= 0.3 is 5.69 Å². The molecule has 110 valence electrons. The summed E-state index contributed by atoms with van der Waals surface area (Å²) in [6.45, 7) is 4.57. The number of nitrogens with zero attached hydrogens (tertiary/aromatic N) is 3. The molecule has 0 saturated heterocycles.